The molecule has 2 aliphatic heterocycles. The Morgan fingerprint density at radius 3 is 2.81 bits per heavy atom. The molecule has 0 amide bonds. The van der Waals surface area contributed by atoms with Gasteiger partial charge in [-0.15, -0.1) is 0 Å². The maximum absolute atomic E-state index is 12.6. The molecule has 0 N–H and O–H groups in total. The van der Waals surface area contributed by atoms with E-state index in [4.69, 9.17) is 18.3 Å². The second-order valence-electron chi connectivity index (χ2n) is 5.26. The molecule has 116 valence electrons. The standard InChI is InChI=1S/C14H18O5P.W/c1-9(2)17-20(15)18-10(3)13-14(19-20)12-7-5-4-6-11(12)8-16-13;/h4-7,9,13-14H,8H2,1-3H3;/q-1;. The van der Waals surface area contributed by atoms with Gasteiger partial charge >= 0.3 is 7.82 Å². The zero-order valence-corrected chi connectivity index (χ0v) is 16.0. The van der Waals surface area contributed by atoms with Crippen LogP contribution in [0.5, 0.6) is 0 Å². The minimum absolute atomic E-state index is 0. The van der Waals surface area contributed by atoms with E-state index >= 15 is 0 Å². The van der Waals surface area contributed by atoms with Crippen LogP contribution in [0.15, 0.2) is 24.3 Å². The van der Waals surface area contributed by atoms with Crippen LogP contribution in [-0.2, 0) is 50.5 Å². The molecule has 21 heavy (non-hydrogen) atoms. The summed E-state index contributed by atoms with van der Waals surface area (Å²) in [5.74, 6) is 0. The summed E-state index contributed by atoms with van der Waals surface area (Å²) in [6.45, 7) is 5.83. The average Bonchev–Trinajstić information content (AvgIpc) is 2.37. The number of hydrogen-bond acceptors (Lipinski definition) is 5. The van der Waals surface area contributed by atoms with E-state index in [1.807, 2.05) is 24.3 Å². The molecule has 1 aromatic rings. The second kappa shape index (κ2) is 6.62. The van der Waals surface area contributed by atoms with Crippen LogP contribution in [0.25, 0.3) is 0 Å². The fraction of sp³-hybridized carbons (Fsp3) is 0.500. The first kappa shape index (κ1) is 17.3. The monoisotopic (exact) mass is 481 g/mol. The molecule has 1 aromatic carbocycles. The maximum atomic E-state index is 12.6. The minimum Gasteiger partial charge on any atom is -0.459 e. The summed E-state index contributed by atoms with van der Waals surface area (Å²) in [6.07, 6.45) is -0.495. The number of phosphoric ester groups is 1. The van der Waals surface area contributed by atoms with Gasteiger partial charge in [0.25, 0.3) is 0 Å². The molecular formula is C14H18O5PW-. The van der Waals surface area contributed by atoms with Crippen LogP contribution in [0.2, 0.25) is 0 Å². The molecule has 3 unspecified atom stereocenters. The Morgan fingerprint density at radius 2 is 2.10 bits per heavy atom. The maximum Gasteiger partial charge on any atom is 0.445 e. The quantitative estimate of drug-likeness (QED) is 0.476. The van der Waals surface area contributed by atoms with Gasteiger partial charge in [-0.25, -0.2) is 4.57 Å². The number of rotatable bonds is 2. The Bertz CT molecular complexity index is 550. The van der Waals surface area contributed by atoms with E-state index < -0.39 is 13.9 Å². The minimum atomic E-state index is -3.59. The van der Waals surface area contributed by atoms with E-state index in [2.05, 4.69) is 0 Å². The Labute approximate surface area is 139 Å². The van der Waals surface area contributed by atoms with Gasteiger partial charge in [0.05, 0.1) is 18.8 Å². The average molecular weight is 481 g/mol. The van der Waals surface area contributed by atoms with E-state index in [1.54, 1.807) is 20.8 Å². The first-order valence-electron chi connectivity index (χ1n) is 6.68. The smallest absolute Gasteiger partial charge is 0.445 e. The first-order chi connectivity index (χ1) is 9.48. The molecule has 2 aliphatic rings. The molecule has 1 saturated heterocycles. The van der Waals surface area contributed by atoms with Crippen molar-refractivity contribution in [3.05, 3.63) is 41.5 Å². The van der Waals surface area contributed by atoms with Gasteiger partial charge in [-0.2, -0.15) is 13.0 Å². The number of fused-ring (bicyclic) bond motifs is 3. The zero-order valence-electron chi connectivity index (χ0n) is 12.1. The van der Waals surface area contributed by atoms with E-state index in [0.717, 1.165) is 11.1 Å². The Morgan fingerprint density at radius 1 is 1.38 bits per heavy atom. The van der Waals surface area contributed by atoms with E-state index in [0.29, 0.717) is 12.7 Å². The third-order valence-corrected chi connectivity index (χ3v) is 4.97. The van der Waals surface area contributed by atoms with Gasteiger partial charge in [0.15, 0.2) is 0 Å². The SMILES string of the molecule is C[C-]1OP(=O)(OC(C)C)OC2c3ccccc3COC12.[W]. The van der Waals surface area contributed by atoms with Crippen molar-refractivity contribution < 1.29 is 43.9 Å². The molecule has 7 heteroatoms. The second-order valence-corrected chi connectivity index (χ2v) is 6.76. The normalized spacial score (nSPS) is 32.2. The van der Waals surface area contributed by atoms with Crippen LogP contribution in [0.3, 0.4) is 0 Å². The summed E-state index contributed by atoms with van der Waals surface area (Å²) in [4.78, 5) is 0. The molecule has 0 aromatic heterocycles. The number of ether oxygens (including phenoxy) is 1. The Kier molecular flexibility index (Phi) is 5.46. The van der Waals surface area contributed by atoms with E-state index in [-0.39, 0.29) is 33.3 Å². The van der Waals surface area contributed by atoms with Crippen molar-refractivity contribution in [1.82, 2.24) is 0 Å². The van der Waals surface area contributed by atoms with Crippen molar-refractivity contribution >= 4 is 7.82 Å². The molecule has 0 bridgehead atoms. The molecule has 3 rings (SSSR count). The van der Waals surface area contributed by atoms with Crippen molar-refractivity contribution in [3.63, 3.8) is 0 Å². The predicted octanol–water partition coefficient (Wildman–Crippen LogP) is 3.76. The third kappa shape index (κ3) is 3.50. The zero-order chi connectivity index (χ0) is 14.3. The summed E-state index contributed by atoms with van der Waals surface area (Å²) in [7, 11) is -3.59. The molecule has 3 atom stereocenters. The number of phosphoric acid groups is 1. The molecular weight excluding hydrogens is 463 g/mol. The van der Waals surface area contributed by atoms with Gasteiger partial charge in [-0.3, -0.25) is 9.05 Å². The van der Waals surface area contributed by atoms with Crippen molar-refractivity contribution in [2.45, 2.75) is 45.7 Å². The van der Waals surface area contributed by atoms with Crippen molar-refractivity contribution in [1.29, 1.82) is 0 Å². The van der Waals surface area contributed by atoms with Crippen LogP contribution < -0.4 is 0 Å². The molecule has 2 heterocycles. The first-order valence-corrected chi connectivity index (χ1v) is 8.14. The van der Waals surface area contributed by atoms with Crippen molar-refractivity contribution in [2.24, 2.45) is 0 Å². The van der Waals surface area contributed by atoms with Gasteiger partial charge in [0.2, 0.25) is 0 Å². The number of hydrogen-bond donors (Lipinski definition) is 0. The molecule has 0 spiro atoms. The molecule has 0 aliphatic carbocycles. The largest absolute Gasteiger partial charge is 0.459 e. The third-order valence-electron chi connectivity index (χ3n) is 3.29. The summed E-state index contributed by atoms with van der Waals surface area (Å²) >= 11 is 0. The molecule has 1 fully saturated rings. The van der Waals surface area contributed by atoms with Crippen molar-refractivity contribution in [2.75, 3.05) is 0 Å². The van der Waals surface area contributed by atoms with Gasteiger partial charge in [-0.05, 0) is 31.1 Å². The van der Waals surface area contributed by atoms with Crippen LogP contribution in [0.4, 0.5) is 0 Å². The fourth-order valence-electron chi connectivity index (χ4n) is 2.51. The molecule has 0 radical (unpaired) electrons. The van der Waals surface area contributed by atoms with Gasteiger partial charge in [-0.1, -0.05) is 24.3 Å². The number of benzene rings is 1. The van der Waals surface area contributed by atoms with Gasteiger partial charge < -0.3 is 9.26 Å². The summed E-state index contributed by atoms with van der Waals surface area (Å²) in [6, 6.07) is 7.83. The van der Waals surface area contributed by atoms with Gasteiger partial charge in [0.1, 0.15) is 0 Å². The molecule has 0 saturated carbocycles. The fourth-order valence-corrected chi connectivity index (χ4v) is 4.12. The van der Waals surface area contributed by atoms with E-state index in [1.165, 1.54) is 0 Å². The predicted molar refractivity (Wildman–Crippen MR) is 72.7 cm³/mol. The van der Waals surface area contributed by atoms with Crippen LogP contribution in [-0.4, -0.2) is 12.2 Å². The molecule has 5 nitrogen and oxygen atoms in total. The summed E-state index contributed by atoms with van der Waals surface area (Å²) in [5, 5.41) is 0. The van der Waals surface area contributed by atoms with Crippen molar-refractivity contribution in [3.8, 4) is 0 Å². The Balaban J connectivity index is 0.00000161. The summed E-state index contributed by atoms with van der Waals surface area (Å²) in [5.41, 5.74) is 2.03. The van der Waals surface area contributed by atoms with Crippen LogP contribution in [0, 0.1) is 6.10 Å². The van der Waals surface area contributed by atoms with Crippen LogP contribution in [0.1, 0.15) is 38.0 Å². The summed E-state index contributed by atoms with van der Waals surface area (Å²) < 4.78 is 34.7. The Hall–Kier alpha value is -0.0217. The van der Waals surface area contributed by atoms with Crippen LogP contribution >= 0.6 is 7.82 Å². The van der Waals surface area contributed by atoms with Gasteiger partial charge in [0, 0.05) is 21.1 Å². The topological polar surface area (TPSA) is 54.0 Å². The van der Waals surface area contributed by atoms with E-state index in [9.17, 15) is 4.57 Å².